The first-order valence-electron chi connectivity index (χ1n) is 5.53. The van der Waals surface area contributed by atoms with Gasteiger partial charge < -0.3 is 0 Å². The number of rotatable bonds is 3. The lowest BCUT2D eigenvalue weighted by molar-refractivity contribution is 0.568. The van der Waals surface area contributed by atoms with Gasteiger partial charge in [-0.1, -0.05) is 6.07 Å². The van der Waals surface area contributed by atoms with Crippen molar-refractivity contribution in [3.8, 4) is 0 Å². The Bertz CT molecular complexity index is 740. The summed E-state index contributed by atoms with van der Waals surface area (Å²) in [4.78, 5) is -0.615. The van der Waals surface area contributed by atoms with Crippen LogP contribution >= 0.6 is 0 Å². The molecule has 0 atom stereocenters. The number of nitrogens with one attached hydrogen (secondary N) is 1. The molecule has 0 aliphatic heterocycles. The Morgan fingerprint density at radius 1 is 0.950 bits per heavy atom. The van der Waals surface area contributed by atoms with Crippen molar-refractivity contribution in [3.63, 3.8) is 0 Å². The van der Waals surface area contributed by atoms with Gasteiger partial charge in [-0.25, -0.2) is 21.6 Å². The van der Waals surface area contributed by atoms with Gasteiger partial charge in [0.1, 0.15) is 17.5 Å². The van der Waals surface area contributed by atoms with Gasteiger partial charge in [-0.15, -0.1) is 0 Å². The first-order valence-corrected chi connectivity index (χ1v) is 7.01. The molecule has 0 saturated carbocycles. The summed E-state index contributed by atoms with van der Waals surface area (Å²) in [6, 6.07) is 5.70. The molecule has 0 radical (unpaired) electrons. The number of sulfonamides is 1. The summed E-state index contributed by atoms with van der Waals surface area (Å²) in [5, 5.41) is 0. The molecule has 0 heterocycles. The van der Waals surface area contributed by atoms with Gasteiger partial charge in [-0.3, -0.25) is 4.72 Å². The van der Waals surface area contributed by atoms with Gasteiger partial charge in [0.25, 0.3) is 10.0 Å². The Labute approximate surface area is 114 Å². The van der Waals surface area contributed by atoms with Crippen molar-refractivity contribution in [2.45, 2.75) is 11.8 Å². The Morgan fingerprint density at radius 2 is 1.55 bits per heavy atom. The standard InChI is InChI=1S/C13H10F3NO2S/c1-8-2-3-12(16)13(4-8)17-20(18,19)11-6-9(14)5-10(15)7-11/h2-7,17H,1H3. The number of benzene rings is 2. The van der Waals surface area contributed by atoms with E-state index in [0.29, 0.717) is 23.8 Å². The molecule has 3 nitrogen and oxygen atoms in total. The molecule has 0 bridgehead atoms. The van der Waals surface area contributed by atoms with Crippen LogP contribution in [0.1, 0.15) is 5.56 Å². The maximum atomic E-state index is 13.5. The van der Waals surface area contributed by atoms with E-state index in [4.69, 9.17) is 0 Å². The van der Waals surface area contributed by atoms with Crippen LogP contribution in [0.4, 0.5) is 18.9 Å². The van der Waals surface area contributed by atoms with Gasteiger partial charge in [0, 0.05) is 6.07 Å². The molecule has 0 unspecified atom stereocenters. The molecule has 0 fully saturated rings. The monoisotopic (exact) mass is 301 g/mol. The lowest BCUT2D eigenvalue weighted by Crippen LogP contribution is -2.14. The van der Waals surface area contributed by atoms with Crippen molar-refractivity contribution in [3.05, 3.63) is 59.4 Å². The molecule has 0 aromatic heterocycles. The Morgan fingerprint density at radius 3 is 2.15 bits per heavy atom. The van der Waals surface area contributed by atoms with Crippen LogP contribution < -0.4 is 4.72 Å². The summed E-state index contributed by atoms with van der Waals surface area (Å²) in [6.07, 6.45) is 0. The fourth-order valence-electron chi connectivity index (χ4n) is 1.60. The molecule has 0 spiro atoms. The molecule has 0 aliphatic carbocycles. The zero-order valence-corrected chi connectivity index (χ0v) is 11.1. The third-order valence-electron chi connectivity index (χ3n) is 2.51. The summed E-state index contributed by atoms with van der Waals surface area (Å²) in [5.74, 6) is -2.85. The van der Waals surface area contributed by atoms with Crippen LogP contribution in [0.3, 0.4) is 0 Å². The minimum atomic E-state index is -4.27. The second-order valence-electron chi connectivity index (χ2n) is 4.19. The minimum Gasteiger partial charge on any atom is -0.277 e. The first-order chi connectivity index (χ1) is 9.28. The van der Waals surface area contributed by atoms with Gasteiger partial charge in [-0.2, -0.15) is 0 Å². The Balaban J connectivity index is 2.43. The summed E-state index contributed by atoms with van der Waals surface area (Å²) in [5.41, 5.74) is 0.351. The fourth-order valence-corrected chi connectivity index (χ4v) is 2.70. The molecule has 0 amide bonds. The van der Waals surface area contributed by atoms with Crippen LogP contribution in [0, 0.1) is 24.4 Å². The highest BCUT2D eigenvalue weighted by Crippen LogP contribution is 2.21. The van der Waals surface area contributed by atoms with E-state index in [-0.39, 0.29) is 5.69 Å². The highest BCUT2D eigenvalue weighted by Gasteiger charge is 2.18. The van der Waals surface area contributed by atoms with Gasteiger partial charge in [0.05, 0.1) is 10.6 Å². The van der Waals surface area contributed by atoms with E-state index in [1.807, 2.05) is 4.72 Å². The zero-order chi connectivity index (χ0) is 14.9. The van der Waals surface area contributed by atoms with E-state index in [2.05, 4.69) is 0 Å². The van der Waals surface area contributed by atoms with E-state index in [1.54, 1.807) is 6.92 Å². The highest BCUT2D eigenvalue weighted by atomic mass is 32.2. The van der Waals surface area contributed by atoms with Crippen molar-refractivity contribution in [1.82, 2.24) is 0 Å². The van der Waals surface area contributed by atoms with Crippen molar-refractivity contribution >= 4 is 15.7 Å². The molecule has 0 aliphatic rings. The van der Waals surface area contributed by atoms with Crippen LogP contribution in [0.15, 0.2) is 41.3 Å². The van der Waals surface area contributed by atoms with Crippen LogP contribution in [-0.2, 0) is 10.0 Å². The summed E-state index contributed by atoms with van der Waals surface area (Å²) in [6.45, 7) is 1.65. The Hall–Kier alpha value is -2.02. The first kappa shape index (κ1) is 14.4. The van der Waals surface area contributed by atoms with E-state index in [9.17, 15) is 21.6 Å². The van der Waals surface area contributed by atoms with Gasteiger partial charge >= 0.3 is 0 Å². The van der Waals surface area contributed by atoms with Crippen LogP contribution in [0.5, 0.6) is 0 Å². The SMILES string of the molecule is Cc1ccc(F)c(NS(=O)(=O)c2cc(F)cc(F)c2)c1. The number of halogens is 3. The van der Waals surface area contributed by atoms with Crippen molar-refractivity contribution in [2.24, 2.45) is 0 Å². The van der Waals surface area contributed by atoms with E-state index in [0.717, 1.165) is 6.07 Å². The number of hydrogen-bond donors (Lipinski definition) is 1. The molecule has 2 rings (SSSR count). The normalized spacial score (nSPS) is 11.4. The molecule has 20 heavy (non-hydrogen) atoms. The molecule has 0 saturated heterocycles. The molecule has 7 heteroatoms. The minimum absolute atomic E-state index is 0.283. The zero-order valence-electron chi connectivity index (χ0n) is 10.3. The lowest BCUT2D eigenvalue weighted by atomic mass is 10.2. The summed E-state index contributed by atoms with van der Waals surface area (Å²) >= 11 is 0. The molecule has 2 aromatic carbocycles. The van der Waals surface area contributed by atoms with Gasteiger partial charge in [-0.05, 0) is 36.8 Å². The van der Waals surface area contributed by atoms with E-state index in [1.165, 1.54) is 12.1 Å². The van der Waals surface area contributed by atoms with E-state index < -0.39 is 32.4 Å². The lowest BCUT2D eigenvalue weighted by Gasteiger charge is -2.10. The van der Waals surface area contributed by atoms with Crippen molar-refractivity contribution < 1.29 is 21.6 Å². The third-order valence-corrected chi connectivity index (χ3v) is 3.86. The number of hydrogen-bond acceptors (Lipinski definition) is 2. The average Bonchev–Trinajstić information content (AvgIpc) is 2.32. The molecule has 1 N–H and O–H groups in total. The van der Waals surface area contributed by atoms with Gasteiger partial charge in [0.2, 0.25) is 0 Å². The fraction of sp³-hybridized carbons (Fsp3) is 0.0769. The highest BCUT2D eigenvalue weighted by molar-refractivity contribution is 7.92. The Kier molecular flexibility index (Phi) is 3.71. The predicted octanol–water partition coefficient (Wildman–Crippen LogP) is 3.21. The maximum Gasteiger partial charge on any atom is 0.262 e. The third kappa shape index (κ3) is 3.11. The second kappa shape index (κ2) is 5.16. The topological polar surface area (TPSA) is 46.2 Å². The predicted molar refractivity (Wildman–Crippen MR) is 68.3 cm³/mol. The van der Waals surface area contributed by atoms with Gasteiger partial charge in [0.15, 0.2) is 0 Å². The molecular formula is C13H10F3NO2S. The average molecular weight is 301 g/mol. The largest absolute Gasteiger partial charge is 0.277 e. The van der Waals surface area contributed by atoms with Crippen LogP contribution in [-0.4, -0.2) is 8.42 Å². The summed E-state index contributed by atoms with van der Waals surface area (Å²) < 4.78 is 65.4. The summed E-state index contributed by atoms with van der Waals surface area (Å²) in [7, 11) is -4.27. The quantitative estimate of drug-likeness (QED) is 0.946. The van der Waals surface area contributed by atoms with Crippen molar-refractivity contribution in [1.29, 1.82) is 0 Å². The van der Waals surface area contributed by atoms with Crippen LogP contribution in [0.2, 0.25) is 0 Å². The van der Waals surface area contributed by atoms with Crippen molar-refractivity contribution in [2.75, 3.05) is 4.72 Å². The maximum absolute atomic E-state index is 13.5. The number of aryl methyl sites for hydroxylation is 1. The molecular weight excluding hydrogens is 291 g/mol. The van der Waals surface area contributed by atoms with E-state index >= 15 is 0 Å². The van der Waals surface area contributed by atoms with Crippen LogP contribution in [0.25, 0.3) is 0 Å². The molecule has 106 valence electrons. The smallest absolute Gasteiger partial charge is 0.262 e. The molecule has 2 aromatic rings. The second-order valence-corrected chi connectivity index (χ2v) is 5.88. The number of anilines is 1.